The summed E-state index contributed by atoms with van der Waals surface area (Å²) in [4.78, 5) is 17.3. The van der Waals surface area contributed by atoms with Crippen LogP contribution < -0.4 is 5.49 Å². The van der Waals surface area contributed by atoms with E-state index in [2.05, 4.69) is 30.4 Å². The number of hydrogen-bond acceptors (Lipinski definition) is 2. The molecule has 0 radical (unpaired) electrons. The minimum atomic E-state index is -0.276. The van der Waals surface area contributed by atoms with Gasteiger partial charge in [-0.15, -0.1) is 0 Å². The van der Waals surface area contributed by atoms with Crippen molar-refractivity contribution in [1.82, 2.24) is 9.36 Å². The van der Waals surface area contributed by atoms with Gasteiger partial charge in [0, 0.05) is 41.4 Å². The Labute approximate surface area is 165 Å². The number of benzene rings is 1. The van der Waals surface area contributed by atoms with Crippen LogP contribution in [-0.2, 0) is 23.7 Å². The Bertz CT molecular complexity index is 912. The van der Waals surface area contributed by atoms with Gasteiger partial charge in [0.25, 0.3) is 5.91 Å². The van der Waals surface area contributed by atoms with Crippen LogP contribution >= 0.6 is 11.6 Å². The molecule has 1 aromatic carbocycles. The molecule has 0 saturated carbocycles. The molecule has 3 rings (SSSR count). The van der Waals surface area contributed by atoms with Crippen molar-refractivity contribution >= 4 is 17.5 Å². The van der Waals surface area contributed by atoms with Gasteiger partial charge in [-0.1, -0.05) is 38.4 Å². The van der Waals surface area contributed by atoms with Gasteiger partial charge in [0.05, 0.1) is 12.6 Å². The Kier molecular flexibility index (Phi) is 5.63. The zero-order valence-corrected chi connectivity index (χ0v) is 17.5. The highest BCUT2D eigenvalue weighted by Crippen LogP contribution is 2.22. The smallest absolute Gasteiger partial charge is 0.279 e. The minimum Gasteiger partial charge on any atom is -0.376 e. The lowest BCUT2D eigenvalue weighted by Gasteiger charge is -2.21. The van der Waals surface area contributed by atoms with E-state index >= 15 is 0 Å². The molecular formula is C21H28ClN3O2. The molecule has 1 amide bonds. The van der Waals surface area contributed by atoms with E-state index in [1.807, 2.05) is 24.7 Å². The first-order valence-electron chi connectivity index (χ1n) is 9.41. The topological polar surface area (TPSA) is 48.5 Å². The molecule has 0 unspecified atom stereocenters. The molecule has 2 aromatic rings. The Morgan fingerprint density at radius 2 is 2.11 bits per heavy atom. The lowest BCUT2D eigenvalue weighted by atomic mass is 9.92. The van der Waals surface area contributed by atoms with Crippen LogP contribution in [0.2, 0.25) is 5.02 Å². The van der Waals surface area contributed by atoms with E-state index < -0.39 is 0 Å². The van der Waals surface area contributed by atoms with Gasteiger partial charge < -0.3 is 4.74 Å². The first kappa shape index (κ1) is 19.9. The molecule has 5 nitrogen and oxygen atoms in total. The van der Waals surface area contributed by atoms with Gasteiger partial charge in [-0.3, -0.25) is 14.2 Å². The number of nitrogens with zero attached hydrogens (tertiary/aromatic N) is 3. The highest BCUT2D eigenvalue weighted by Gasteiger charge is 2.23. The van der Waals surface area contributed by atoms with Gasteiger partial charge in [0.15, 0.2) is 5.49 Å². The number of carbonyl (C=O) groups excluding carboxylic acids is 1. The fraction of sp³-hybridized carbons (Fsp3) is 0.524. The second-order valence-corrected chi connectivity index (χ2v) is 8.62. The molecule has 1 aliphatic heterocycles. The highest BCUT2D eigenvalue weighted by molar-refractivity contribution is 6.31. The average molecular weight is 390 g/mol. The van der Waals surface area contributed by atoms with Crippen LogP contribution in [0.15, 0.2) is 29.3 Å². The van der Waals surface area contributed by atoms with E-state index in [1.54, 1.807) is 18.2 Å². The summed E-state index contributed by atoms with van der Waals surface area (Å²) in [5.74, 6) is -0.276. The summed E-state index contributed by atoms with van der Waals surface area (Å²) in [7, 11) is 2.02. The molecule has 1 saturated heterocycles. The monoisotopic (exact) mass is 389 g/mol. The third kappa shape index (κ3) is 4.19. The summed E-state index contributed by atoms with van der Waals surface area (Å²) in [6, 6.07) is 7.34. The van der Waals surface area contributed by atoms with Crippen molar-refractivity contribution in [1.29, 1.82) is 0 Å². The molecule has 0 bridgehead atoms. The number of hydrogen-bond donors (Lipinski definition) is 0. The maximum absolute atomic E-state index is 12.9. The maximum atomic E-state index is 12.9. The molecule has 146 valence electrons. The predicted molar refractivity (Wildman–Crippen MR) is 107 cm³/mol. The summed E-state index contributed by atoms with van der Waals surface area (Å²) in [5.41, 5.74) is 3.01. The Morgan fingerprint density at radius 1 is 1.37 bits per heavy atom. The molecule has 0 spiro atoms. The van der Waals surface area contributed by atoms with E-state index in [0.29, 0.717) is 22.6 Å². The molecular weight excluding hydrogens is 362 g/mol. The predicted octanol–water partition coefficient (Wildman–Crippen LogP) is 4.01. The summed E-state index contributed by atoms with van der Waals surface area (Å²) >= 11 is 6.17. The maximum Gasteiger partial charge on any atom is 0.279 e. The number of aromatic nitrogens is 2. The van der Waals surface area contributed by atoms with E-state index in [9.17, 15) is 4.79 Å². The SMILES string of the molecule is Cc1c(Cl)cccc1C(=O)/N=c1/cc(C(C)(C)C)n(C)n1C[C@H]1CCCO1. The number of rotatable bonds is 3. The standard InChI is InChI=1S/C21H28ClN3O2/c1-14-16(9-6-10-17(14)22)20(26)23-19-12-18(21(2,3)4)24(5)25(19)13-15-8-7-11-27-15/h6,9-10,12,15H,7-8,11,13H2,1-5H3/b23-19-/t15-/m1/s1. The Morgan fingerprint density at radius 3 is 2.74 bits per heavy atom. The van der Waals surface area contributed by atoms with Gasteiger partial charge >= 0.3 is 0 Å². The number of amides is 1. The van der Waals surface area contributed by atoms with Crippen LogP contribution in [0.4, 0.5) is 0 Å². The molecule has 0 N–H and O–H groups in total. The highest BCUT2D eigenvalue weighted by atomic mass is 35.5. The van der Waals surface area contributed by atoms with Crippen molar-refractivity contribution in [3.05, 3.63) is 51.6 Å². The first-order chi connectivity index (χ1) is 12.7. The van der Waals surface area contributed by atoms with Crippen molar-refractivity contribution in [2.75, 3.05) is 6.61 Å². The molecule has 1 aliphatic rings. The van der Waals surface area contributed by atoms with Crippen LogP contribution in [0.5, 0.6) is 0 Å². The normalized spacial score (nSPS) is 18.3. The third-order valence-electron chi connectivity index (χ3n) is 5.12. The van der Waals surface area contributed by atoms with E-state index in [1.165, 1.54) is 0 Å². The van der Waals surface area contributed by atoms with E-state index in [-0.39, 0.29) is 17.4 Å². The van der Waals surface area contributed by atoms with Crippen LogP contribution in [0.3, 0.4) is 0 Å². The van der Waals surface area contributed by atoms with E-state index in [0.717, 1.165) is 30.7 Å². The van der Waals surface area contributed by atoms with Crippen molar-refractivity contribution < 1.29 is 9.53 Å². The largest absolute Gasteiger partial charge is 0.376 e. The summed E-state index contributed by atoms with van der Waals surface area (Å²) in [6.07, 6.45) is 2.27. The summed E-state index contributed by atoms with van der Waals surface area (Å²) in [5, 5.41) is 0.576. The minimum absolute atomic E-state index is 0.0597. The first-order valence-corrected chi connectivity index (χ1v) is 9.79. The Balaban J connectivity index is 2.08. The molecule has 1 fully saturated rings. The molecule has 6 heteroatoms. The van der Waals surface area contributed by atoms with Crippen molar-refractivity contribution in [3.63, 3.8) is 0 Å². The summed E-state index contributed by atoms with van der Waals surface area (Å²) in [6.45, 7) is 9.81. The van der Waals surface area contributed by atoms with Gasteiger partial charge in [-0.25, -0.2) is 0 Å². The van der Waals surface area contributed by atoms with Gasteiger partial charge in [-0.05, 0) is 37.5 Å². The van der Waals surface area contributed by atoms with Gasteiger partial charge in [0.2, 0.25) is 0 Å². The van der Waals surface area contributed by atoms with Crippen molar-refractivity contribution in [3.8, 4) is 0 Å². The second kappa shape index (κ2) is 7.64. The quantitative estimate of drug-likeness (QED) is 0.796. The molecule has 27 heavy (non-hydrogen) atoms. The van der Waals surface area contributed by atoms with Crippen LogP contribution in [0.1, 0.15) is 55.2 Å². The van der Waals surface area contributed by atoms with Gasteiger partial charge in [-0.2, -0.15) is 4.99 Å². The number of carbonyl (C=O) groups is 1. The molecule has 1 aromatic heterocycles. The van der Waals surface area contributed by atoms with E-state index in [4.69, 9.17) is 16.3 Å². The van der Waals surface area contributed by atoms with Crippen LogP contribution in [0.25, 0.3) is 0 Å². The molecule has 0 aliphatic carbocycles. The van der Waals surface area contributed by atoms with Crippen molar-refractivity contribution in [2.24, 2.45) is 12.0 Å². The lowest BCUT2D eigenvalue weighted by Crippen LogP contribution is -2.30. The van der Waals surface area contributed by atoms with Gasteiger partial charge in [0.1, 0.15) is 0 Å². The lowest BCUT2D eigenvalue weighted by molar-refractivity contribution is 0.0885. The Hall–Kier alpha value is -1.85. The summed E-state index contributed by atoms with van der Waals surface area (Å²) < 4.78 is 9.95. The number of halogens is 1. The average Bonchev–Trinajstić information content (AvgIpc) is 3.20. The fourth-order valence-corrected chi connectivity index (χ4v) is 3.74. The van der Waals surface area contributed by atoms with Crippen LogP contribution in [0, 0.1) is 6.92 Å². The molecule has 1 atom stereocenters. The third-order valence-corrected chi connectivity index (χ3v) is 5.53. The zero-order valence-electron chi connectivity index (χ0n) is 16.8. The van der Waals surface area contributed by atoms with Crippen LogP contribution in [-0.4, -0.2) is 28.0 Å². The number of ether oxygens (including phenoxy) is 1. The fourth-order valence-electron chi connectivity index (χ4n) is 3.57. The second-order valence-electron chi connectivity index (χ2n) is 8.21. The van der Waals surface area contributed by atoms with Crippen molar-refractivity contribution in [2.45, 2.75) is 58.6 Å². The molecule has 2 heterocycles. The zero-order chi connectivity index (χ0) is 19.8.